The maximum Gasteiger partial charge on any atom is 0.328 e. The highest BCUT2D eigenvalue weighted by Gasteiger charge is 2.10. The molecule has 1 aromatic heterocycles. The van der Waals surface area contributed by atoms with Crippen LogP contribution in [0.5, 0.6) is 5.75 Å². The third-order valence-electron chi connectivity index (χ3n) is 4.70. The molecule has 26 heavy (non-hydrogen) atoms. The molecule has 3 rings (SSSR count). The second-order valence-electron chi connectivity index (χ2n) is 6.45. The van der Waals surface area contributed by atoms with Crippen molar-refractivity contribution in [2.75, 3.05) is 11.9 Å². The molecule has 0 radical (unpaired) electrons. The first-order chi connectivity index (χ1) is 12.4. The molecule has 0 aliphatic carbocycles. The number of nitrogens with zero attached hydrogens (tertiary/aromatic N) is 2. The zero-order valence-corrected chi connectivity index (χ0v) is 15.5. The topological polar surface area (TPSA) is 65.3 Å². The van der Waals surface area contributed by atoms with Crippen LogP contribution in [0.2, 0.25) is 0 Å². The first-order valence-corrected chi connectivity index (χ1v) is 8.53. The van der Waals surface area contributed by atoms with Crippen LogP contribution >= 0.6 is 0 Å². The van der Waals surface area contributed by atoms with Crippen molar-refractivity contribution in [1.29, 1.82) is 0 Å². The minimum Gasteiger partial charge on any atom is -0.493 e. The standard InChI is InChI=1S/C20H23N3O3/c1-13-6-5-7-18(14(13)2)26-11-10-19(24)21-15-8-9-16-17(12-15)23(4)20(25)22(16)3/h5-9,12H,10-11H2,1-4H3,(H,21,24). The summed E-state index contributed by atoms with van der Waals surface area (Å²) in [5.74, 6) is 0.675. The molecule has 0 atom stereocenters. The Kier molecular flexibility index (Phi) is 4.84. The summed E-state index contributed by atoms with van der Waals surface area (Å²) < 4.78 is 8.87. The Morgan fingerprint density at radius 1 is 1.08 bits per heavy atom. The molecule has 136 valence electrons. The number of carbonyl (C=O) groups excluding carboxylic acids is 1. The number of amides is 1. The monoisotopic (exact) mass is 353 g/mol. The molecule has 3 aromatic rings. The highest BCUT2D eigenvalue weighted by Crippen LogP contribution is 2.21. The third kappa shape index (κ3) is 3.35. The molecule has 6 heteroatoms. The van der Waals surface area contributed by atoms with Crippen LogP contribution < -0.4 is 15.7 Å². The fourth-order valence-electron chi connectivity index (χ4n) is 2.94. The van der Waals surface area contributed by atoms with E-state index in [0.29, 0.717) is 12.3 Å². The molecule has 0 fully saturated rings. The average molecular weight is 353 g/mol. The molecule has 1 amide bonds. The zero-order chi connectivity index (χ0) is 18.8. The molecular formula is C20H23N3O3. The highest BCUT2D eigenvalue weighted by atomic mass is 16.5. The Morgan fingerprint density at radius 3 is 2.58 bits per heavy atom. The van der Waals surface area contributed by atoms with Crippen LogP contribution in [0, 0.1) is 13.8 Å². The Bertz CT molecular complexity index is 1030. The van der Waals surface area contributed by atoms with E-state index in [1.165, 1.54) is 0 Å². The summed E-state index contributed by atoms with van der Waals surface area (Å²) in [5.41, 5.74) is 4.42. The maximum atomic E-state index is 12.2. The van der Waals surface area contributed by atoms with Crippen molar-refractivity contribution in [3.63, 3.8) is 0 Å². The summed E-state index contributed by atoms with van der Waals surface area (Å²) in [6, 6.07) is 11.3. The van der Waals surface area contributed by atoms with Gasteiger partial charge in [0.1, 0.15) is 5.75 Å². The number of anilines is 1. The van der Waals surface area contributed by atoms with Gasteiger partial charge in [0.15, 0.2) is 0 Å². The SMILES string of the molecule is Cc1cccc(OCCC(=O)Nc2ccc3c(c2)n(C)c(=O)n3C)c1C. The van der Waals surface area contributed by atoms with Gasteiger partial charge in [-0.25, -0.2) is 4.79 Å². The summed E-state index contributed by atoms with van der Waals surface area (Å²) >= 11 is 0. The van der Waals surface area contributed by atoms with Gasteiger partial charge in [-0.2, -0.15) is 0 Å². The number of aromatic nitrogens is 2. The summed E-state index contributed by atoms with van der Waals surface area (Å²) in [6.07, 6.45) is 0.249. The average Bonchev–Trinajstić information content (AvgIpc) is 2.83. The van der Waals surface area contributed by atoms with Gasteiger partial charge in [-0.1, -0.05) is 12.1 Å². The smallest absolute Gasteiger partial charge is 0.328 e. The van der Waals surface area contributed by atoms with Gasteiger partial charge in [0.05, 0.1) is 24.1 Å². The molecule has 1 heterocycles. The minimum atomic E-state index is -0.129. The van der Waals surface area contributed by atoms with E-state index in [1.807, 2.05) is 38.1 Å². The molecule has 0 bridgehead atoms. The van der Waals surface area contributed by atoms with Crippen LogP contribution in [-0.2, 0) is 18.9 Å². The quantitative estimate of drug-likeness (QED) is 0.767. The first kappa shape index (κ1) is 17.8. The highest BCUT2D eigenvalue weighted by molar-refractivity contribution is 5.93. The molecule has 0 saturated carbocycles. The lowest BCUT2D eigenvalue weighted by Crippen LogP contribution is -2.19. The number of fused-ring (bicyclic) bond motifs is 1. The Labute approximate surface area is 152 Å². The lowest BCUT2D eigenvalue weighted by Gasteiger charge is -2.11. The van der Waals surface area contributed by atoms with Crippen LogP contribution in [0.3, 0.4) is 0 Å². The Hall–Kier alpha value is -3.02. The van der Waals surface area contributed by atoms with Crippen LogP contribution in [0.1, 0.15) is 17.5 Å². The second-order valence-corrected chi connectivity index (χ2v) is 6.45. The van der Waals surface area contributed by atoms with E-state index in [1.54, 1.807) is 35.4 Å². The van der Waals surface area contributed by atoms with E-state index in [9.17, 15) is 9.59 Å². The van der Waals surface area contributed by atoms with Crippen LogP contribution in [0.4, 0.5) is 5.69 Å². The van der Waals surface area contributed by atoms with Gasteiger partial charge < -0.3 is 10.1 Å². The van der Waals surface area contributed by atoms with Crippen molar-refractivity contribution in [2.24, 2.45) is 14.1 Å². The molecule has 1 N–H and O–H groups in total. The second kappa shape index (κ2) is 7.07. The molecule has 0 unspecified atom stereocenters. The minimum absolute atomic E-state index is 0.0922. The number of ether oxygens (including phenoxy) is 1. The predicted octanol–water partition coefficient (Wildman–Crippen LogP) is 2.90. The zero-order valence-electron chi connectivity index (χ0n) is 15.5. The number of benzene rings is 2. The number of nitrogens with one attached hydrogen (secondary N) is 1. The third-order valence-corrected chi connectivity index (χ3v) is 4.70. The van der Waals surface area contributed by atoms with E-state index in [2.05, 4.69) is 5.32 Å². The van der Waals surface area contributed by atoms with Gasteiger partial charge in [0.25, 0.3) is 0 Å². The largest absolute Gasteiger partial charge is 0.493 e. The first-order valence-electron chi connectivity index (χ1n) is 8.53. The fraction of sp³-hybridized carbons (Fsp3) is 0.300. The molecule has 0 spiro atoms. The summed E-state index contributed by atoms with van der Waals surface area (Å²) in [7, 11) is 3.45. The lowest BCUT2D eigenvalue weighted by molar-refractivity contribution is -0.116. The maximum absolute atomic E-state index is 12.2. The Morgan fingerprint density at radius 2 is 1.81 bits per heavy atom. The number of rotatable bonds is 5. The molecular weight excluding hydrogens is 330 g/mol. The number of hydrogen-bond acceptors (Lipinski definition) is 3. The Balaban J connectivity index is 1.63. The van der Waals surface area contributed by atoms with Gasteiger partial charge in [0.2, 0.25) is 5.91 Å². The van der Waals surface area contributed by atoms with Gasteiger partial charge in [0, 0.05) is 19.8 Å². The van der Waals surface area contributed by atoms with E-state index < -0.39 is 0 Å². The normalized spacial score (nSPS) is 10.9. The molecule has 0 aliphatic heterocycles. The van der Waals surface area contributed by atoms with Crippen molar-refractivity contribution in [3.8, 4) is 5.75 Å². The van der Waals surface area contributed by atoms with Gasteiger partial charge in [-0.05, 0) is 49.2 Å². The van der Waals surface area contributed by atoms with E-state index in [4.69, 9.17) is 4.74 Å². The summed E-state index contributed by atoms with van der Waals surface area (Å²) in [5, 5.41) is 2.86. The number of aryl methyl sites for hydroxylation is 3. The summed E-state index contributed by atoms with van der Waals surface area (Å²) in [6.45, 7) is 4.34. The van der Waals surface area contributed by atoms with Crippen molar-refractivity contribution in [1.82, 2.24) is 9.13 Å². The van der Waals surface area contributed by atoms with Gasteiger partial charge in [-0.15, -0.1) is 0 Å². The number of carbonyl (C=O) groups is 1. The fourth-order valence-corrected chi connectivity index (χ4v) is 2.94. The van der Waals surface area contributed by atoms with Crippen LogP contribution in [0.15, 0.2) is 41.2 Å². The van der Waals surface area contributed by atoms with Crippen molar-refractivity contribution in [3.05, 3.63) is 58.0 Å². The lowest BCUT2D eigenvalue weighted by atomic mass is 10.1. The molecule has 6 nitrogen and oxygen atoms in total. The number of imidazole rings is 1. The van der Waals surface area contributed by atoms with Crippen LogP contribution in [-0.4, -0.2) is 21.6 Å². The van der Waals surface area contributed by atoms with Crippen LogP contribution in [0.25, 0.3) is 11.0 Å². The number of hydrogen-bond donors (Lipinski definition) is 1. The predicted molar refractivity (Wildman–Crippen MR) is 103 cm³/mol. The molecule has 2 aromatic carbocycles. The van der Waals surface area contributed by atoms with E-state index in [0.717, 1.165) is 27.9 Å². The van der Waals surface area contributed by atoms with Crippen molar-refractivity contribution >= 4 is 22.6 Å². The summed E-state index contributed by atoms with van der Waals surface area (Å²) in [4.78, 5) is 24.2. The van der Waals surface area contributed by atoms with E-state index >= 15 is 0 Å². The van der Waals surface area contributed by atoms with Crippen molar-refractivity contribution < 1.29 is 9.53 Å². The van der Waals surface area contributed by atoms with E-state index in [-0.39, 0.29) is 18.0 Å². The van der Waals surface area contributed by atoms with Gasteiger partial charge in [-0.3, -0.25) is 13.9 Å². The van der Waals surface area contributed by atoms with Crippen molar-refractivity contribution in [2.45, 2.75) is 20.3 Å². The van der Waals surface area contributed by atoms with Gasteiger partial charge >= 0.3 is 5.69 Å². The molecule has 0 aliphatic rings. The molecule has 0 saturated heterocycles.